The highest BCUT2D eigenvalue weighted by Crippen LogP contribution is 2.31. The monoisotopic (exact) mass is 235 g/mol. The van der Waals surface area contributed by atoms with Gasteiger partial charge < -0.3 is 5.32 Å². The smallest absolute Gasteiger partial charge is 0.0796 e. The van der Waals surface area contributed by atoms with Crippen molar-refractivity contribution in [1.82, 2.24) is 15.1 Å². The Morgan fingerprint density at radius 2 is 1.88 bits per heavy atom. The van der Waals surface area contributed by atoms with Crippen LogP contribution in [0.2, 0.25) is 0 Å². The Kier molecular flexibility index (Phi) is 4.60. The first-order chi connectivity index (χ1) is 8.31. The van der Waals surface area contributed by atoms with E-state index in [9.17, 15) is 0 Å². The normalized spacial score (nSPS) is 20.8. The quantitative estimate of drug-likeness (QED) is 0.872. The summed E-state index contributed by atoms with van der Waals surface area (Å²) in [6, 6.07) is 2.59. The van der Waals surface area contributed by atoms with Gasteiger partial charge in [0.25, 0.3) is 0 Å². The fraction of sp³-hybridized carbons (Fsp3) is 0.786. The molecule has 1 atom stereocenters. The van der Waals surface area contributed by atoms with Crippen LogP contribution >= 0.6 is 0 Å². The number of nitrogens with one attached hydrogen (secondary N) is 1. The Labute approximate surface area is 105 Å². The average molecular weight is 235 g/mol. The molecule has 0 bridgehead atoms. The fourth-order valence-electron chi connectivity index (χ4n) is 3.05. The summed E-state index contributed by atoms with van der Waals surface area (Å²) < 4.78 is 1.91. The van der Waals surface area contributed by atoms with Crippen molar-refractivity contribution in [3.8, 4) is 0 Å². The predicted octanol–water partition coefficient (Wildman–Crippen LogP) is 3.04. The summed E-state index contributed by atoms with van der Waals surface area (Å²) in [7, 11) is 4.06. The van der Waals surface area contributed by atoms with Gasteiger partial charge in [0.2, 0.25) is 0 Å². The molecule has 0 aromatic carbocycles. The molecule has 1 aromatic rings. The molecule has 3 nitrogen and oxygen atoms in total. The van der Waals surface area contributed by atoms with Crippen molar-refractivity contribution in [3.63, 3.8) is 0 Å². The predicted molar refractivity (Wildman–Crippen MR) is 70.8 cm³/mol. The number of aromatic nitrogens is 2. The lowest BCUT2D eigenvalue weighted by Gasteiger charge is -2.27. The number of nitrogens with zero attached hydrogens (tertiary/aromatic N) is 2. The van der Waals surface area contributed by atoms with Gasteiger partial charge in [0.1, 0.15) is 0 Å². The van der Waals surface area contributed by atoms with Crippen molar-refractivity contribution in [2.45, 2.75) is 51.0 Å². The lowest BCUT2D eigenvalue weighted by atomic mass is 9.84. The van der Waals surface area contributed by atoms with Gasteiger partial charge in [0, 0.05) is 13.2 Å². The molecule has 0 aliphatic heterocycles. The Hall–Kier alpha value is -0.830. The number of aryl methyl sites for hydroxylation is 1. The van der Waals surface area contributed by atoms with Gasteiger partial charge in [0.05, 0.1) is 11.7 Å². The third kappa shape index (κ3) is 3.32. The molecule has 1 heterocycles. The van der Waals surface area contributed by atoms with Crippen molar-refractivity contribution >= 4 is 0 Å². The van der Waals surface area contributed by atoms with Gasteiger partial charge in [0.15, 0.2) is 0 Å². The Morgan fingerprint density at radius 1 is 1.24 bits per heavy atom. The summed E-state index contributed by atoms with van der Waals surface area (Å²) in [5, 5.41) is 8.04. The topological polar surface area (TPSA) is 29.9 Å². The highest BCUT2D eigenvalue weighted by Gasteiger charge is 2.23. The molecule has 1 aliphatic rings. The standard InChI is InChI=1S/C14H25N3/c1-15-14(13-10-11-17(2)16-13)12-8-6-4-3-5-7-9-12/h10-12,14-15H,3-9H2,1-2H3. The van der Waals surface area contributed by atoms with E-state index < -0.39 is 0 Å². The second-order valence-electron chi connectivity index (χ2n) is 5.29. The molecule has 1 aliphatic carbocycles. The highest BCUT2D eigenvalue weighted by atomic mass is 15.3. The summed E-state index contributed by atoms with van der Waals surface area (Å²) in [5.41, 5.74) is 1.21. The van der Waals surface area contributed by atoms with E-state index in [2.05, 4.69) is 23.5 Å². The lowest BCUT2D eigenvalue weighted by Crippen LogP contribution is -2.26. The molecule has 0 radical (unpaired) electrons. The van der Waals surface area contributed by atoms with Gasteiger partial charge >= 0.3 is 0 Å². The zero-order valence-corrected chi connectivity index (χ0v) is 11.2. The molecule has 1 aromatic heterocycles. The van der Waals surface area contributed by atoms with Crippen molar-refractivity contribution < 1.29 is 0 Å². The van der Waals surface area contributed by atoms with Crippen LogP contribution in [0.5, 0.6) is 0 Å². The van der Waals surface area contributed by atoms with Crippen LogP contribution in [0.3, 0.4) is 0 Å². The lowest BCUT2D eigenvalue weighted by molar-refractivity contribution is 0.294. The molecule has 1 fully saturated rings. The first-order valence-corrected chi connectivity index (χ1v) is 6.98. The van der Waals surface area contributed by atoms with Crippen molar-refractivity contribution in [2.24, 2.45) is 13.0 Å². The minimum atomic E-state index is 0.439. The van der Waals surface area contributed by atoms with E-state index in [0.29, 0.717) is 6.04 Å². The number of rotatable bonds is 3. The summed E-state index contributed by atoms with van der Waals surface area (Å²) >= 11 is 0. The molecular formula is C14H25N3. The maximum atomic E-state index is 4.57. The van der Waals surface area contributed by atoms with Crippen LogP contribution < -0.4 is 5.32 Å². The van der Waals surface area contributed by atoms with Crippen LogP contribution in [0, 0.1) is 5.92 Å². The summed E-state index contributed by atoms with van der Waals surface area (Å²) in [6.45, 7) is 0. The van der Waals surface area contributed by atoms with Gasteiger partial charge in [-0.25, -0.2) is 0 Å². The molecule has 1 saturated carbocycles. The molecule has 17 heavy (non-hydrogen) atoms. The summed E-state index contributed by atoms with van der Waals surface area (Å²) in [6.07, 6.45) is 11.8. The van der Waals surface area contributed by atoms with Gasteiger partial charge in [-0.15, -0.1) is 0 Å². The van der Waals surface area contributed by atoms with Crippen molar-refractivity contribution in [2.75, 3.05) is 7.05 Å². The van der Waals surface area contributed by atoms with Gasteiger partial charge in [-0.3, -0.25) is 4.68 Å². The Morgan fingerprint density at radius 3 is 2.41 bits per heavy atom. The number of hydrogen-bond acceptors (Lipinski definition) is 2. The largest absolute Gasteiger partial charge is 0.311 e. The van der Waals surface area contributed by atoms with Crippen LogP contribution in [0.25, 0.3) is 0 Å². The van der Waals surface area contributed by atoms with Crippen molar-refractivity contribution in [1.29, 1.82) is 0 Å². The van der Waals surface area contributed by atoms with Crippen LogP contribution in [0.15, 0.2) is 12.3 Å². The molecular weight excluding hydrogens is 210 g/mol. The summed E-state index contributed by atoms with van der Waals surface area (Å²) in [5.74, 6) is 0.759. The van der Waals surface area contributed by atoms with Gasteiger partial charge in [-0.1, -0.05) is 32.1 Å². The van der Waals surface area contributed by atoms with Crippen LogP contribution in [-0.4, -0.2) is 16.8 Å². The first-order valence-electron chi connectivity index (χ1n) is 6.98. The van der Waals surface area contributed by atoms with E-state index in [-0.39, 0.29) is 0 Å². The Balaban J connectivity index is 2.05. The molecule has 0 amide bonds. The average Bonchev–Trinajstić information content (AvgIpc) is 2.68. The maximum Gasteiger partial charge on any atom is 0.0796 e. The minimum absolute atomic E-state index is 0.439. The Bertz CT molecular complexity index is 324. The molecule has 3 heteroatoms. The second-order valence-corrected chi connectivity index (χ2v) is 5.29. The van der Waals surface area contributed by atoms with Gasteiger partial charge in [-0.05, 0) is 31.9 Å². The second kappa shape index (κ2) is 6.20. The van der Waals surface area contributed by atoms with Gasteiger partial charge in [-0.2, -0.15) is 5.10 Å². The SMILES string of the molecule is CNC(c1ccn(C)n1)C1CCCCCCC1. The highest BCUT2D eigenvalue weighted by molar-refractivity contribution is 5.07. The molecule has 1 N–H and O–H groups in total. The van der Waals surface area contributed by atoms with E-state index in [1.165, 1.54) is 50.6 Å². The minimum Gasteiger partial charge on any atom is -0.311 e. The van der Waals surface area contributed by atoms with E-state index in [0.717, 1.165) is 5.92 Å². The fourth-order valence-corrected chi connectivity index (χ4v) is 3.05. The third-order valence-electron chi connectivity index (χ3n) is 3.99. The van der Waals surface area contributed by atoms with Crippen molar-refractivity contribution in [3.05, 3.63) is 18.0 Å². The molecule has 0 spiro atoms. The molecule has 1 unspecified atom stereocenters. The first kappa shape index (κ1) is 12.6. The van der Waals surface area contributed by atoms with Crippen LogP contribution in [-0.2, 0) is 7.05 Å². The third-order valence-corrected chi connectivity index (χ3v) is 3.99. The molecule has 0 saturated heterocycles. The van der Waals surface area contributed by atoms with E-state index >= 15 is 0 Å². The maximum absolute atomic E-state index is 4.57. The number of hydrogen-bond donors (Lipinski definition) is 1. The summed E-state index contributed by atoms with van der Waals surface area (Å²) in [4.78, 5) is 0. The van der Waals surface area contributed by atoms with E-state index in [1.54, 1.807) is 0 Å². The molecule has 2 rings (SSSR count). The zero-order valence-electron chi connectivity index (χ0n) is 11.2. The van der Waals surface area contributed by atoms with Crippen LogP contribution in [0.4, 0.5) is 0 Å². The van der Waals surface area contributed by atoms with E-state index in [4.69, 9.17) is 0 Å². The van der Waals surface area contributed by atoms with E-state index in [1.807, 2.05) is 17.9 Å². The zero-order chi connectivity index (χ0) is 12.1. The van der Waals surface area contributed by atoms with Crippen LogP contribution in [0.1, 0.15) is 56.7 Å². The molecule has 96 valence electrons.